The van der Waals surface area contributed by atoms with Crippen LogP contribution in [0.5, 0.6) is 0 Å². The van der Waals surface area contributed by atoms with Crippen molar-refractivity contribution in [3.8, 4) is 11.1 Å². The van der Waals surface area contributed by atoms with Crippen molar-refractivity contribution in [1.82, 2.24) is 14.9 Å². The minimum Gasteiger partial charge on any atom is -0.423 e. The molecule has 0 saturated carbocycles. The Morgan fingerprint density at radius 3 is 2.76 bits per heavy atom. The highest BCUT2D eigenvalue weighted by Crippen LogP contribution is 2.38. The number of nitrogens with zero attached hydrogens (tertiary/aromatic N) is 4. The Balaban J connectivity index is 1.26. The van der Waals surface area contributed by atoms with E-state index in [1.165, 1.54) is 0 Å². The molecule has 7 heteroatoms. The molecular weight excluding hydrogens is 436 g/mol. The first-order chi connectivity index (χ1) is 16.1. The van der Waals surface area contributed by atoms with E-state index in [0.717, 1.165) is 47.4 Å². The summed E-state index contributed by atoms with van der Waals surface area (Å²) in [5.74, 6) is 0.513. The number of oxazole rings is 1. The van der Waals surface area contributed by atoms with Crippen LogP contribution in [0, 0.1) is 12.8 Å². The van der Waals surface area contributed by atoms with Crippen LogP contribution >= 0.6 is 11.6 Å². The molecule has 33 heavy (non-hydrogen) atoms. The van der Waals surface area contributed by atoms with Crippen molar-refractivity contribution in [2.75, 3.05) is 24.5 Å². The first-order valence-electron chi connectivity index (χ1n) is 11.2. The normalized spacial score (nSPS) is 19.9. The number of fused-ring (bicyclic) bond motifs is 2. The maximum absolute atomic E-state index is 13.6. The Morgan fingerprint density at radius 2 is 1.91 bits per heavy atom. The first kappa shape index (κ1) is 20.2. The van der Waals surface area contributed by atoms with Crippen molar-refractivity contribution in [3.05, 3.63) is 77.1 Å². The van der Waals surface area contributed by atoms with Gasteiger partial charge < -0.3 is 14.2 Å². The highest BCUT2D eigenvalue weighted by Gasteiger charge is 2.46. The van der Waals surface area contributed by atoms with Gasteiger partial charge >= 0.3 is 0 Å². The molecule has 0 unspecified atom stereocenters. The lowest BCUT2D eigenvalue weighted by atomic mass is 9.82. The molecule has 2 saturated heterocycles. The fourth-order valence-electron chi connectivity index (χ4n) is 4.93. The van der Waals surface area contributed by atoms with Crippen LogP contribution < -0.4 is 4.90 Å². The average Bonchev–Trinajstić information content (AvgIpc) is 3.22. The largest absolute Gasteiger partial charge is 0.423 e. The van der Waals surface area contributed by atoms with Crippen LogP contribution in [0.25, 0.3) is 22.2 Å². The molecule has 2 aliphatic heterocycles. The van der Waals surface area contributed by atoms with E-state index in [1.807, 2.05) is 66.4 Å². The summed E-state index contributed by atoms with van der Waals surface area (Å²) in [4.78, 5) is 27.0. The van der Waals surface area contributed by atoms with E-state index < -0.39 is 0 Å². The maximum atomic E-state index is 13.6. The molecule has 4 heterocycles. The van der Waals surface area contributed by atoms with Crippen LogP contribution in [0.3, 0.4) is 0 Å². The van der Waals surface area contributed by atoms with Gasteiger partial charge in [-0.1, -0.05) is 48.0 Å². The summed E-state index contributed by atoms with van der Waals surface area (Å²) in [6.07, 6.45) is 0.964. The Morgan fingerprint density at radius 1 is 1.06 bits per heavy atom. The van der Waals surface area contributed by atoms with Gasteiger partial charge in [0.15, 0.2) is 5.58 Å². The minimum atomic E-state index is -0.0211. The number of pyridine rings is 1. The van der Waals surface area contributed by atoms with Gasteiger partial charge in [-0.05, 0) is 43.2 Å². The highest BCUT2D eigenvalue weighted by molar-refractivity contribution is 6.31. The van der Waals surface area contributed by atoms with Gasteiger partial charge in [0.2, 0.25) is 0 Å². The monoisotopic (exact) mass is 458 g/mol. The lowest BCUT2D eigenvalue weighted by Crippen LogP contribution is -2.65. The molecular formula is C26H23ClN4O2. The van der Waals surface area contributed by atoms with E-state index in [9.17, 15) is 4.79 Å². The predicted molar refractivity (Wildman–Crippen MR) is 129 cm³/mol. The van der Waals surface area contributed by atoms with Gasteiger partial charge in [0.05, 0.1) is 6.04 Å². The van der Waals surface area contributed by atoms with E-state index in [1.54, 1.807) is 6.07 Å². The van der Waals surface area contributed by atoms with E-state index >= 15 is 0 Å². The summed E-state index contributed by atoms with van der Waals surface area (Å²) in [5.41, 5.74) is 4.69. The van der Waals surface area contributed by atoms with Crippen molar-refractivity contribution in [1.29, 1.82) is 0 Å². The zero-order valence-corrected chi connectivity index (χ0v) is 19.0. The van der Waals surface area contributed by atoms with Gasteiger partial charge in [-0.3, -0.25) is 4.79 Å². The number of likely N-dealkylation sites (tertiary alicyclic amines) is 1. The molecule has 2 fully saturated rings. The van der Waals surface area contributed by atoms with Crippen LogP contribution in [0.4, 0.5) is 6.01 Å². The van der Waals surface area contributed by atoms with Crippen molar-refractivity contribution >= 4 is 34.6 Å². The number of rotatable bonds is 3. The average molecular weight is 459 g/mol. The zero-order valence-electron chi connectivity index (χ0n) is 18.2. The molecule has 2 atom stereocenters. The molecule has 4 aromatic rings. The second kappa shape index (κ2) is 7.89. The van der Waals surface area contributed by atoms with Crippen LogP contribution in [0.2, 0.25) is 5.02 Å². The number of hydrogen-bond acceptors (Lipinski definition) is 5. The van der Waals surface area contributed by atoms with E-state index in [0.29, 0.717) is 29.2 Å². The number of carbonyl (C=O) groups is 1. The molecule has 0 spiro atoms. The Bertz CT molecular complexity index is 1350. The molecule has 0 radical (unpaired) electrons. The van der Waals surface area contributed by atoms with Crippen molar-refractivity contribution in [2.45, 2.75) is 19.4 Å². The third-order valence-electron chi connectivity index (χ3n) is 6.75. The number of piperidine rings is 1. The Kier molecular flexibility index (Phi) is 4.84. The van der Waals surface area contributed by atoms with Gasteiger partial charge in [0, 0.05) is 41.8 Å². The summed E-state index contributed by atoms with van der Waals surface area (Å²) < 4.78 is 5.99. The molecule has 0 bridgehead atoms. The molecule has 2 aromatic carbocycles. The second-order valence-corrected chi connectivity index (χ2v) is 9.28. The standard InChI is InChI=1S/C26H23ClN4O2/c1-16-7-9-20(17-5-3-2-4-6-17)24(28-16)25(32)30-12-11-18-14-31(22(18)15-30)26-29-21-13-19(27)8-10-23(21)33-26/h2-10,13,18,22H,11-12,14-15H2,1H3/t18-,22-/m0/s1. The van der Waals surface area contributed by atoms with Gasteiger partial charge in [-0.25, -0.2) is 4.98 Å². The molecule has 6 nitrogen and oxygen atoms in total. The molecule has 2 aliphatic rings. The fourth-order valence-corrected chi connectivity index (χ4v) is 5.10. The number of benzene rings is 2. The predicted octanol–water partition coefficient (Wildman–Crippen LogP) is 5.20. The summed E-state index contributed by atoms with van der Waals surface area (Å²) in [6.45, 7) is 4.18. The molecule has 2 aromatic heterocycles. The Hall–Kier alpha value is -3.38. The van der Waals surface area contributed by atoms with Crippen molar-refractivity contribution < 1.29 is 9.21 Å². The van der Waals surface area contributed by atoms with Gasteiger partial charge in [-0.15, -0.1) is 0 Å². The van der Waals surface area contributed by atoms with Gasteiger partial charge in [0.1, 0.15) is 11.2 Å². The number of hydrogen-bond donors (Lipinski definition) is 0. The quantitative estimate of drug-likeness (QED) is 0.422. The third-order valence-corrected chi connectivity index (χ3v) is 6.98. The number of anilines is 1. The van der Waals surface area contributed by atoms with E-state index in [-0.39, 0.29) is 11.9 Å². The summed E-state index contributed by atoms with van der Waals surface area (Å²) >= 11 is 6.10. The smallest absolute Gasteiger partial charge is 0.298 e. The molecule has 0 N–H and O–H groups in total. The number of aromatic nitrogens is 2. The molecule has 6 rings (SSSR count). The highest BCUT2D eigenvalue weighted by atomic mass is 35.5. The minimum absolute atomic E-state index is 0.0211. The number of carbonyl (C=O) groups excluding carboxylic acids is 1. The lowest BCUT2D eigenvalue weighted by Gasteiger charge is -2.52. The summed E-state index contributed by atoms with van der Waals surface area (Å²) in [6, 6.07) is 20.2. The third kappa shape index (κ3) is 3.55. The lowest BCUT2D eigenvalue weighted by molar-refractivity contribution is 0.0578. The fraction of sp³-hybridized carbons (Fsp3) is 0.269. The van der Waals surface area contributed by atoms with E-state index in [4.69, 9.17) is 16.0 Å². The van der Waals surface area contributed by atoms with Crippen LogP contribution in [0.1, 0.15) is 22.6 Å². The topological polar surface area (TPSA) is 62.5 Å². The van der Waals surface area contributed by atoms with Gasteiger partial charge in [0.25, 0.3) is 11.9 Å². The molecule has 1 amide bonds. The van der Waals surface area contributed by atoms with Crippen LogP contribution in [0.15, 0.2) is 65.1 Å². The number of amides is 1. The second-order valence-electron chi connectivity index (χ2n) is 8.84. The Labute approximate surface area is 196 Å². The number of halogens is 1. The van der Waals surface area contributed by atoms with Crippen molar-refractivity contribution in [3.63, 3.8) is 0 Å². The first-order valence-corrected chi connectivity index (χ1v) is 11.6. The summed E-state index contributed by atoms with van der Waals surface area (Å²) in [7, 11) is 0. The van der Waals surface area contributed by atoms with Crippen molar-refractivity contribution in [2.24, 2.45) is 5.92 Å². The van der Waals surface area contributed by atoms with Crippen LogP contribution in [-0.4, -0.2) is 46.5 Å². The molecule has 0 aliphatic carbocycles. The van der Waals surface area contributed by atoms with E-state index in [2.05, 4.69) is 14.9 Å². The number of aryl methyl sites for hydroxylation is 1. The maximum Gasteiger partial charge on any atom is 0.298 e. The SMILES string of the molecule is Cc1ccc(-c2ccccc2)c(C(=O)N2CC[C@H]3CN(c4nc5cc(Cl)ccc5o4)[C@H]3C2)n1. The zero-order chi connectivity index (χ0) is 22.5. The summed E-state index contributed by atoms with van der Waals surface area (Å²) in [5, 5.41) is 0.637. The van der Waals surface area contributed by atoms with Crippen LogP contribution in [-0.2, 0) is 0 Å². The van der Waals surface area contributed by atoms with Gasteiger partial charge in [-0.2, -0.15) is 4.98 Å². The molecule has 166 valence electrons.